The molecule has 0 radical (unpaired) electrons. The quantitative estimate of drug-likeness (QED) is 0.801. The lowest BCUT2D eigenvalue weighted by molar-refractivity contribution is -0.114. The number of nitrogens with zero attached hydrogens (tertiary/aromatic N) is 1. The highest BCUT2D eigenvalue weighted by Gasteiger charge is 2.41. The molecule has 4 heteroatoms. The van der Waals surface area contributed by atoms with Gasteiger partial charge in [0.05, 0.1) is 13.2 Å². The molecule has 1 aromatic carbocycles. The minimum Gasteiger partial charge on any atom is -0.496 e. The van der Waals surface area contributed by atoms with Gasteiger partial charge in [0.25, 0.3) is 0 Å². The zero-order chi connectivity index (χ0) is 19.1. The van der Waals surface area contributed by atoms with E-state index < -0.39 is 0 Å². The SMILES string of the molecule is C/C=C(/C(C)=O)[C@H]1C[C@H]2c3[nH]c4cccc(OC)c4c3CCN2C[C@@H]1CC. The van der Waals surface area contributed by atoms with Crippen LogP contribution >= 0.6 is 0 Å². The number of hydrogen-bond donors (Lipinski definition) is 1. The predicted octanol–water partition coefficient (Wildman–Crippen LogP) is 4.66. The smallest absolute Gasteiger partial charge is 0.155 e. The number of carbonyl (C=O) groups excluding carboxylic acids is 1. The van der Waals surface area contributed by atoms with Gasteiger partial charge in [0, 0.05) is 29.7 Å². The molecule has 27 heavy (non-hydrogen) atoms. The Bertz CT molecular complexity index is 895. The lowest BCUT2D eigenvalue weighted by Gasteiger charge is -2.46. The number of methoxy groups -OCH3 is 1. The van der Waals surface area contributed by atoms with Crippen LogP contribution in [0.2, 0.25) is 0 Å². The van der Waals surface area contributed by atoms with Crippen molar-refractivity contribution in [1.82, 2.24) is 9.88 Å². The Morgan fingerprint density at radius 3 is 2.89 bits per heavy atom. The van der Waals surface area contributed by atoms with Crippen LogP contribution in [0.15, 0.2) is 29.8 Å². The molecule has 1 N–H and O–H groups in total. The van der Waals surface area contributed by atoms with Gasteiger partial charge in [-0.2, -0.15) is 0 Å². The summed E-state index contributed by atoms with van der Waals surface area (Å²) in [5.41, 5.74) is 4.91. The van der Waals surface area contributed by atoms with Crippen molar-refractivity contribution < 1.29 is 9.53 Å². The van der Waals surface area contributed by atoms with Crippen molar-refractivity contribution in [3.05, 3.63) is 41.1 Å². The van der Waals surface area contributed by atoms with E-state index in [1.54, 1.807) is 14.0 Å². The maximum atomic E-state index is 12.3. The van der Waals surface area contributed by atoms with Gasteiger partial charge in [-0.1, -0.05) is 25.5 Å². The van der Waals surface area contributed by atoms with Gasteiger partial charge in [0.1, 0.15) is 5.75 Å². The lowest BCUT2D eigenvalue weighted by Crippen LogP contribution is -2.46. The first-order chi connectivity index (χ1) is 13.1. The summed E-state index contributed by atoms with van der Waals surface area (Å²) in [4.78, 5) is 18.6. The third kappa shape index (κ3) is 2.91. The van der Waals surface area contributed by atoms with Crippen LogP contribution in [0.1, 0.15) is 50.9 Å². The first-order valence-corrected chi connectivity index (χ1v) is 10.2. The second-order valence-electron chi connectivity index (χ2n) is 7.97. The van der Waals surface area contributed by atoms with E-state index in [-0.39, 0.29) is 5.78 Å². The number of H-pyrrole nitrogens is 1. The molecule has 2 aromatic rings. The fourth-order valence-electron chi connectivity index (χ4n) is 5.43. The second kappa shape index (κ2) is 7.16. The number of piperidine rings is 1. The number of allylic oxidation sites excluding steroid dienone is 2. The van der Waals surface area contributed by atoms with Gasteiger partial charge in [-0.15, -0.1) is 0 Å². The van der Waals surface area contributed by atoms with Gasteiger partial charge in [0.15, 0.2) is 5.78 Å². The van der Waals surface area contributed by atoms with Gasteiger partial charge in [-0.25, -0.2) is 0 Å². The largest absolute Gasteiger partial charge is 0.496 e. The van der Waals surface area contributed by atoms with E-state index in [9.17, 15) is 4.79 Å². The van der Waals surface area contributed by atoms with Gasteiger partial charge in [0.2, 0.25) is 0 Å². The van der Waals surface area contributed by atoms with Crippen LogP contribution in [-0.2, 0) is 11.2 Å². The number of ether oxygens (including phenoxy) is 1. The molecule has 0 amide bonds. The van der Waals surface area contributed by atoms with Gasteiger partial charge < -0.3 is 9.72 Å². The Hall–Kier alpha value is -2.07. The molecule has 0 bridgehead atoms. The minimum atomic E-state index is 0.226. The summed E-state index contributed by atoms with van der Waals surface area (Å²) in [6, 6.07) is 6.59. The third-order valence-corrected chi connectivity index (χ3v) is 6.72. The molecule has 0 unspecified atom stereocenters. The second-order valence-corrected chi connectivity index (χ2v) is 7.97. The highest BCUT2D eigenvalue weighted by Crippen LogP contribution is 2.46. The van der Waals surface area contributed by atoms with Crippen molar-refractivity contribution >= 4 is 16.7 Å². The van der Waals surface area contributed by atoms with Crippen LogP contribution in [0.3, 0.4) is 0 Å². The molecule has 4 rings (SSSR count). The summed E-state index contributed by atoms with van der Waals surface area (Å²) in [6.07, 6.45) is 5.23. The zero-order valence-corrected chi connectivity index (χ0v) is 16.8. The number of aromatic amines is 1. The molecule has 3 heterocycles. The van der Waals surface area contributed by atoms with E-state index in [0.717, 1.165) is 49.2 Å². The van der Waals surface area contributed by atoms with E-state index >= 15 is 0 Å². The van der Waals surface area contributed by atoms with Crippen molar-refractivity contribution in [2.75, 3.05) is 20.2 Å². The van der Waals surface area contributed by atoms with Gasteiger partial charge in [-0.05, 0) is 61.8 Å². The molecule has 1 fully saturated rings. The molecule has 2 aliphatic heterocycles. The lowest BCUT2D eigenvalue weighted by atomic mass is 9.73. The standard InChI is InChI=1S/C23H30N2O2/c1-5-15-13-25-11-10-17-22-19(8-7-9-21(22)27-4)24-23(17)20(25)12-18(15)16(6-2)14(3)26/h6-9,15,18,20,24H,5,10-13H2,1-4H3/b16-6-/t15-,18-,20-/m0/s1. The van der Waals surface area contributed by atoms with E-state index in [2.05, 4.69) is 22.9 Å². The van der Waals surface area contributed by atoms with Crippen LogP contribution in [-0.4, -0.2) is 35.9 Å². The Balaban J connectivity index is 1.77. The molecule has 144 valence electrons. The van der Waals surface area contributed by atoms with Crippen molar-refractivity contribution in [3.8, 4) is 5.75 Å². The molecule has 0 spiro atoms. The summed E-state index contributed by atoms with van der Waals surface area (Å²) in [7, 11) is 1.75. The predicted molar refractivity (Wildman–Crippen MR) is 109 cm³/mol. The summed E-state index contributed by atoms with van der Waals surface area (Å²) in [5, 5.41) is 1.24. The number of benzene rings is 1. The topological polar surface area (TPSA) is 45.3 Å². The fourth-order valence-corrected chi connectivity index (χ4v) is 5.43. The summed E-state index contributed by atoms with van der Waals surface area (Å²) >= 11 is 0. The number of Topliss-reactive ketones (excluding diaryl/α,β-unsaturated/α-hetero) is 1. The first kappa shape index (κ1) is 18.3. The first-order valence-electron chi connectivity index (χ1n) is 10.2. The molecule has 1 saturated heterocycles. The van der Waals surface area contributed by atoms with Crippen LogP contribution in [0.5, 0.6) is 5.75 Å². The minimum absolute atomic E-state index is 0.226. The Morgan fingerprint density at radius 1 is 1.41 bits per heavy atom. The Labute approximate surface area is 161 Å². The number of carbonyl (C=O) groups is 1. The Kier molecular flexibility index (Phi) is 4.85. The van der Waals surface area contributed by atoms with E-state index in [1.165, 1.54) is 16.6 Å². The average molecular weight is 367 g/mol. The van der Waals surface area contributed by atoms with Gasteiger partial charge in [-0.3, -0.25) is 9.69 Å². The molecule has 3 atom stereocenters. The molecular weight excluding hydrogens is 336 g/mol. The van der Waals surface area contributed by atoms with Crippen molar-refractivity contribution in [3.63, 3.8) is 0 Å². The van der Waals surface area contributed by atoms with Gasteiger partial charge >= 0.3 is 0 Å². The number of ketones is 1. The van der Waals surface area contributed by atoms with Crippen LogP contribution in [0.4, 0.5) is 0 Å². The highest BCUT2D eigenvalue weighted by molar-refractivity contribution is 5.94. The normalized spacial score (nSPS) is 25.9. The Morgan fingerprint density at radius 2 is 2.22 bits per heavy atom. The van der Waals surface area contributed by atoms with E-state index in [0.29, 0.717) is 17.9 Å². The van der Waals surface area contributed by atoms with Crippen LogP contribution in [0, 0.1) is 11.8 Å². The van der Waals surface area contributed by atoms with E-state index in [4.69, 9.17) is 4.74 Å². The van der Waals surface area contributed by atoms with Crippen LogP contribution < -0.4 is 4.74 Å². The van der Waals surface area contributed by atoms with E-state index in [1.807, 2.05) is 25.1 Å². The highest BCUT2D eigenvalue weighted by atomic mass is 16.5. The van der Waals surface area contributed by atoms with Crippen molar-refractivity contribution in [2.24, 2.45) is 11.8 Å². The van der Waals surface area contributed by atoms with Crippen molar-refractivity contribution in [1.29, 1.82) is 0 Å². The monoisotopic (exact) mass is 366 g/mol. The number of rotatable bonds is 4. The molecule has 0 saturated carbocycles. The van der Waals surface area contributed by atoms with Crippen molar-refractivity contribution in [2.45, 2.75) is 46.1 Å². The maximum absolute atomic E-state index is 12.3. The number of aromatic nitrogens is 1. The molecule has 1 aromatic heterocycles. The zero-order valence-electron chi connectivity index (χ0n) is 16.8. The molecule has 2 aliphatic rings. The molecule has 4 nitrogen and oxygen atoms in total. The molecular formula is C23H30N2O2. The third-order valence-electron chi connectivity index (χ3n) is 6.72. The van der Waals surface area contributed by atoms with Crippen LogP contribution in [0.25, 0.3) is 10.9 Å². The maximum Gasteiger partial charge on any atom is 0.155 e. The summed E-state index contributed by atoms with van der Waals surface area (Å²) < 4.78 is 5.64. The average Bonchev–Trinajstić information content (AvgIpc) is 3.06. The summed E-state index contributed by atoms with van der Waals surface area (Å²) in [6.45, 7) is 8.14. The number of hydrogen-bond acceptors (Lipinski definition) is 3. The number of fused-ring (bicyclic) bond motifs is 5. The molecule has 0 aliphatic carbocycles. The fraction of sp³-hybridized carbons (Fsp3) is 0.522. The number of nitrogens with one attached hydrogen (secondary N) is 1. The summed E-state index contributed by atoms with van der Waals surface area (Å²) in [5.74, 6) is 2.08.